The first kappa shape index (κ1) is 22.8. The van der Waals surface area contributed by atoms with Crippen molar-refractivity contribution in [1.82, 2.24) is 9.97 Å². The molecule has 0 aliphatic carbocycles. The fourth-order valence-electron chi connectivity index (χ4n) is 2.72. The maximum atomic E-state index is 13.5. The van der Waals surface area contributed by atoms with Gasteiger partial charge in [-0.3, -0.25) is 0 Å². The number of halogens is 3. The minimum absolute atomic E-state index is 0.00862. The second kappa shape index (κ2) is 10.3. The lowest BCUT2D eigenvalue weighted by molar-refractivity contribution is -0.137. The summed E-state index contributed by atoms with van der Waals surface area (Å²) in [5, 5.41) is 0. The van der Waals surface area contributed by atoms with E-state index in [0.717, 1.165) is 31.9 Å². The van der Waals surface area contributed by atoms with Gasteiger partial charge in [0.05, 0.1) is 12.7 Å². The zero-order valence-electron chi connectivity index (χ0n) is 17.3. The predicted octanol–water partition coefficient (Wildman–Crippen LogP) is 6.01. The fourth-order valence-corrected chi connectivity index (χ4v) is 2.72. The molecule has 0 bridgehead atoms. The molecule has 1 aromatic carbocycles. The molecule has 0 N–H and O–H groups in total. The van der Waals surface area contributed by atoms with Crippen LogP contribution in [0.5, 0.6) is 11.8 Å². The molecule has 0 spiro atoms. The number of ether oxygens (including phenoxy) is 2. The van der Waals surface area contributed by atoms with Gasteiger partial charge in [-0.25, -0.2) is 4.98 Å². The van der Waals surface area contributed by atoms with E-state index in [1.165, 1.54) is 11.9 Å². The van der Waals surface area contributed by atoms with E-state index in [1.807, 2.05) is 13.8 Å². The number of anilines is 2. The number of nitrogens with zero attached hydrogens (tertiary/aromatic N) is 3. The van der Waals surface area contributed by atoms with Gasteiger partial charge in [0.15, 0.2) is 5.82 Å². The Hall–Kier alpha value is -2.51. The van der Waals surface area contributed by atoms with Gasteiger partial charge in [-0.05, 0) is 44.5 Å². The lowest BCUT2D eigenvalue weighted by atomic mass is 10.2. The summed E-state index contributed by atoms with van der Waals surface area (Å²) in [6.07, 6.45) is 0.180. The lowest BCUT2D eigenvalue weighted by Crippen LogP contribution is -2.19. The third-order valence-electron chi connectivity index (χ3n) is 4.19. The third kappa shape index (κ3) is 6.80. The molecule has 0 amide bonds. The highest BCUT2D eigenvalue weighted by atomic mass is 19.4. The van der Waals surface area contributed by atoms with Crippen LogP contribution in [0.4, 0.5) is 24.7 Å². The third-order valence-corrected chi connectivity index (χ3v) is 4.19. The molecular weight excluding hydrogens is 383 g/mol. The summed E-state index contributed by atoms with van der Waals surface area (Å²) < 4.78 is 51.5. The second-order valence-electron chi connectivity index (χ2n) is 7.02. The number of unbranched alkanes of at least 4 members (excludes halogenated alkanes) is 3. The van der Waals surface area contributed by atoms with Crippen LogP contribution in [-0.4, -0.2) is 29.7 Å². The highest BCUT2D eigenvalue weighted by molar-refractivity contribution is 5.63. The van der Waals surface area contributed by atoms with Gasteiger partial charge in [0.25, 0.3) is 0 Å². The number of benzene rings is 1. The summed E-state index contributed by atoms with van der Waals surface area (Å²) in [5.41, 5.74) is -0.375. The molecule has 1 aromatic heterocycles. The van der Waals surface area contributed by atoms with E-state index in [0.29, 0.717) is 18.0 Å². The van der Waals surface area contributed by atoms with Crippen LogP contribution in [0.25, 0.3) is 0 Å². The number of hydrogen-bond donors (Lipinski definition) is 0. The molecule has 5 nitrogen and oxygen atoms in total. The topological polar surface area (TPSA) is 47.5 Å². The first-order chi connectivity index (χ1) is 13.7. The summed E-state index contributed by atoms with van der Waals surface area (Å²) in [7, 11) is 1.53. The van der Waals surface area contributed by atoms with Crippen molar-refractivity contribution in [3.05, 3.63) is 36.0 Å². The maximum Gasteiger partial charge on any atom is 0.421 e. The molecule has 0 atom stereocenters. The van der Waals surface area contributed by atoms with E-state index in [2.05, 4.69) is 16.9 Å². The van der Waals surface area contributed by atoms with Crippen molar-refractivity contribution in [3.63, 3.8) is 0 Å². The zero-order chi connectivity index (χ0) is 21.4. The van der Waals surface area contributed by atoms with Crippen LogP contribution in [-0.2, 0) is 6.18 Å². The quantitative estimate of drug-likeness (QED) is 0.448. The molecular formula is C21H28F3N3O2. The van der Waals surface area contributed by atoms with Crippen LogP contribution in [0.3, 0.4) is 0 Å². The number of alkyl halides is 3. The van der Waals surface area contributed by atoms with E-state index in [4.69, 9.17) is 9.47 Å². The SMILES string of the molecule is CCCCCCOc1ncc(C(F)(F)F)c(N(C)c2ccc(OC(C)C)cc2)n1. The predicted molar refractivity (Wildman–Crippen MR) is 107 cm³/mol. The van der Waals surface area contributed by atoms with Crippen molar-refractivity contribution in [2.24, 2.45) is 0 Å². The minimum atomic E-state index is -4.58. The van der Waals surface area contributed by atoms with Gasteiger partial charge in [-0.1, -0.05) is 26.2 Å². The van der Waals surface area contributed by atoms with Gasteiger partial charge in [0.1, 0.15) is 11.3 Å². The first-order valence-corrected chi connectivity index (χ1v) is 9.79. The summed E-state index contributed by atoms with van der Waals surface area (Å²) in [6.45, 7) is 6.28. The van der Waals surface area contributed by atoms with Crippen LogP contribution in [0.1, 0.15) is 52.0 Å². The molecule has 160 valence electrons. The average molecular weight is 411 g/mol. The van der Waals surface area contributed by atoms with E-state index in [1.54, 1.807) is 24.3 Å². The molecule has 2 rings (SSSR count). The molecule has 0 aliphatic rings. The minimum Gasteiger partial charge on any atom is -0.491 e. The molecule has 0 saturated carbocycles. The van der Waals surface area contributed by atoms with E-state index < -0.39 is 11.7 Å². The smallest absolute Gasteiger partial charge is 0.421 e. The molecule has 2 aromatic rings. The van der Waals surface area contributed by atoms with Crippen molar-refractivity contribution in [3.8, 4) is 11.8 Å². The standard InChI is InChI=1S/C21H28F3N3O2/c1-5-6-7-8-13-28-20-25-14-18(21(22,23)24)19(26-20)27(4)16-9-11-17(12-10-16)29-15(2)3/h9-12,14-15H,5-8,13H2,1-4H3. The summed E-state index contributed by atoms with van der Waals surface area (Å²) in [6, 6.07) is 6.74. The Labute approximate surface area is 169 Å². The summed E-state index contributed by atoms with van der Waals surface area (Å²) in [5.74, 6) is 0.389. The van der Waals surface area contributed by atoms with Gasteiger partial charge in [0.2, 0.25) is 0 Å². The Bertz CT molecular complexity index is 765. The number of aromatic nitrogens is 2. The molecule has 8 heteroatoms. The number of rotatable bonds is 10. The van der Waals surface area contributed by atoms with Crippen molar-refractivity contribution < 1.29 is 22.6 Å². The van der Waals surface area contributed by atoms with Gasteiger partial charge >= 0.3 is 12.2 Å². The van der Waals surface area contributed by atoms with Gasteiger partial charge in [-0.15, -0.1) is 0 Å². The van der Waals surface area contributed by atoms with Crippen molar-refractivity contribution >= 4 is 11.5 Å². The van der Waals surface area contributed by atoms with Crippen LogP contribution in [0.2, 0.25) is 0 Å². The molecule has 1 heterocycles. The molecule has 0 radical (unpaired) electrons. The first-order valence-electron chi connectivity index (χ1n) is 9.79. The van der Waals surface area contributed by atoms with Crippen LogP contribution in [0.15, 0.2) is 30.5 Å². The summed E-state index contributed by atoms with van der Waals surface area (Å²) in [4.78, 5) is 9.16. The Kier molecular flexibility index (Phi) is 8.10. The average Bonchev–Trinajstić information content (AvgIpc) is 2.66. The van der Waals surface area contributed by atoms with Crippen molar-refractivity contribution in [2.75, 3.05) is 18.6 Å². The second-order valence-corrected chi connectivity index (χ2v) is 7.02. The highest BCUT2D eigenvalue weighted by Crippen LogP contribution is 2.38. The largest absolute Gasteiger partial charge is 0.491 e. The molecule has 0 aliphatic heterocycles. The van der Waals surface area contributed by atoms with E-state index in [9.17, 15) is 13.2 Å². The van der Waals surface area contributed by atoms with E-state index in [-0.39, 0.29) is 17.9 Å². The van der Waals surface area contributed by atoms with Crippen molar-refractivity contribution in [2.45, 2.75) is 58.7 Å². The lowest BCUT2D eigenvalue weighted by Gasteiger charge is -2.23. The van der Waals surface area contributed by atoms with Gasteiger partial charge in [-0.2, -0.15) is 18.2 Å². The molecule has 0 fully saturated rings. The monoisotopic (exact) mass is 411 g/mol. The highest BCUT2D eigenvalue weighted by Gasteiger charge is 2.36. The molecule has 29 heavy (non-hydrogen) atoms. The maximum absolute atomic E-state index is 13.5. The van der Waals surface area contributed by atoms with Crippen LogP contribution in [0, 0.1) is 0 Å². The van der Waals surface area contributed by atoms with Crippen LogP contribution >= 0.6 is 0 Å². The van der Waals surface area contributed by atoms with Gasteiger partial charge < -0.3 is 14.4 Å². The Balaban J connectivity index is 2.23. The van der Waals surface area contributed by atoms with Crippen LogP contribution < -0.4 is 14.4 Å². The molecule has 0 unspecified atom stereocenters. The fraction of sp³-hybridized carbons (Fsp3) is 0.524. The Morgan fingerprint density at radius 3 is 2.34 bits per heavy atom. The Morgan fingerprint density at radius 1 is 1.07 bits per heavy atom. The normalized spacial score (nSPS) is 11.6. The molecule has 0 saturated heterocycles. The zero-order valence-corrected chi connectivity index (χ0v) is 17.3. The van der Waals surface area contributed by atoms with Crippen molar-refractivity contribution in [1.29, 1.82) is 0 Å². The number of hydrogen-bond acceptors (Lipinski definition) is 5. The Morgan fingerprint density at radius 2 is 1.76 bits per heavy atom. The summed E-state index contributed by atoms with van der Waals surface area (Å²) >= 11 is 0. The van der Waals surface area contributed by atoms with Gasteiger partial charge in [0, 0.05) is 18.9 Å². The van der Waals surface area contributed by atoms with E-state index >= 15 is 0 Å².